The van der Waals surface area contributed by atoms with Gasteiger partial charge in [-0.2, -0.15) is 0 Å². The number of halogens is 1. The molecule has 0 bridgehead atoms. The first-order chi connectivity index (χ1) is 6.18. The molecular weight excluding hydrogens is 198 g/mol. The average molecular weight is 216 g/mol. The summed E-state index contributed by atoms with van der Waals surface area (Å²) in [5, 5.41) is 9.63. The van der Waals surface area contributed by atoms with Gasteiger partial charge in [-0.3, -0.25) is 0 Å². The van der Waals surface area contributed by atoms with Gasteiger partial charge in [0.15, 0.2) is 0 Å². The first-order valence-corrected chi connectivity index (χ1v) is 4.55. The van der Waals surface area contributed by atoms with E-state index in [0.717, 1.165) is 13.0 Å². The standard InChI is InChI=1S/C11H17NO.ClH/c1-12(2)9-11(13)8-10-6-4-3-5-7-10;/h3-7,11,13H,8-9H2,1-2H3;1H. The summed E-state index contributed by atoms with van der Waals surface area (Å²) in [6.45, 7) is 0.717. The monoisotopic (exact) mass is 215 g/mol. The number of hydrogen-bond acceptors (Lipinski definition) is 2. The van der Waals surface area contributed by atoms with Crippen LogP contribution in [-0.2, 0) is 6.42 Å². The summed E-state index contributed by atoms with van der Waals surface area (Å²) < 4.78 is 0. The third-order valence-electron chi connectivity index (χ3n) is 1.89. The predicted octanol–water partition coefficient (Wildman–Crippen LogP) is 1.57. The van der Waals surface area contributed by atoms with Crippen LogP contribution in [0, 0.1) is 0 Å². The highest BCUT2D eigenvalue weighted by Crippen LogP contribution is 2.03. The van der Waals surface area contributed by atoms with Gasteiger partial charge >= 0.3 is 0 Å². The second kappa shape index (κ2) is 6.82. The molecule has 0 aliphatic heterocycles. The molecule has 1 aromatic rings. The van der Waals surface area contributed by atoms with E-state index >= 15 is 0 Å². The maximum absolute atomic E-state index is 9.63. The van der Waals surface area contributed by atoms with Crippen LogP contribution in [0.15, 0.2) is 30.3 Å². The van der Waals surface area contributed by atoms with E-state index in [1.165, 1.54) is 5.56 Å². The fraction of sp³-hybridized carbons (Fsp3) is 0.455. The Morgan fingerprint density at radius 1 is 1.21 bits per heavy atom. The van der Waals surface area contributed by atoms with Crippen molar-refractivity contribution in [2.75, 3.05) is 20.6 Å². The Bertz CT molecular complexity index is 238. The zero-order valence-corrected chi connectivity index (χ0v) is 9.50. The van der Waals surface area contributed by atoms with Crippen LogP contribution < -0.4 is 0 Å². The minimum atomic E-state index is -0.266. The van der Waals surface area contributed by atoms with Crippen molar-refractivity contribution in [2.24, 2.45) is 0 Å². The lowest BCUT2D eigenvalue weighted by Gasteiger charge is -2.15. The number of rotatable bonds is 4. The van der Waals surface area contributed by atoms with Crippen LogP contribution in [0.2, 0.25) is 0 Å². The van der Waals surface area contributed by atoms with E-state index in [2.05, 4.69) is 0 Å². The number of benzene rings is 1. The number of nitrogens with zero attached hydrogens (tertiary/aromatic N) is 1. The van der Waals surface area contributed by atoms with Crippen LogP contribution in [0.25, 0.3) is 0 Å². The molecule has 1 atom stereocenters. The summed E-state index contributed by atoms with van der Waals surface area (Å²) in [5.41, 5.74) is 1.19. The predicted molar refractivity (Wildman–Crippen MR) is 62.0 cm³/mol. The number of aliphatic hydroxyl groups excluding tert-OH is 1. The van der Waals surface area contributed by atoms with Crippen molar-refractivity contribution in [3.8, 4) is 0 Å². The van der Waals surface area contributed by atoms with E-state index < -0.39 is 0 Å². The summed E-state index contributed by atoms with van der Waals surface area (Å²) >= 11 is 0. The van der Waals surface area contributed by atoms with Gasteiger partial charge < -0.3 is 10.0 Å². The lowest BCUT2D eigenvalue weighted by atomic mass is 10.1. The topological polar surface area (TPSA) is 23.5 Å². The summed E-state index contributed by atoms with van der Waals surface area (Å²) in [4.78, 5) is 1.99. The third kappa shape index (κ3) is 5.22. The molecule has 1 N–H and O–H groups in total. The molecule has 0 aliphatic rings. The second-order valence-corrected chi connectivity index (χ2v) is 3.61. The highest BCUT2D eigenvalue weighted by Gasteiger charge is 2.05. The van der Waals surface area contributed by atoms with E-state index in [1.807, 2.05) is 49.3 Å². The molecule has 0 radical (unpaired) electrons. The normalized spacial score (nSPS) is 12.3. The third-order valence-corrected chi connectivity index (χ3v) is 1.89. The van der Waals surface area contributed by atoms with Crippen molar-refractivity contribution in [2.45, 2.75) is 12.5 Å². The van der Waals surface area contributed by atoms with Crippen molar-refractivity contribution in [3.63, 3.8) is 0 Å². The van der Waals surface area contributed by atoms with Crippen molar-refractivity contribution >= 4 is 12.4 Å². The van der Waals surface area contributed by atoms with Crippen LogP contribution in [-0.4, -0.2) is 36.8 Å². The Morgan fingerprint density at radius 2 is 1.79 bits per heavy atom. The fourth-order valence-electron chi connectivity index (χ4n) is 1.37. The fourth-order valence-corrected chi connectivity index (χ4v) is 1.37. The molecule has 0 saturated heterocycles. The van der Waals surface area contributed by atoms with Crippen LogP contribution >= 0.6 is 12.4 Å². The van der Waals surface area contributed by atoms with Gasteiger partial charge in [-0.05, 0) is 26.1 Å². The van der Waals surface area contributed by atoms with Gasteiger partial charge in [0.25, 0.3) is 0 Å². The first kappa shape index (κ1) is 13.4. The van der Waals surface area contributed by atoms with Gasteiger partial charge in [0.05, 0.1) is 6.10 Å². The molecule has 0 aliphatic carbocycles. The summed E-state index contributed by atoms with van der Waals surface area (Å²) in [6, 6.07) is 10.1. The molecule has 0 heterocycles. The molecule has 3 heteroatoms. The Morgan fingerprint density at radius 3 is 2.29 bits per heavy atom. The van der Waals surface area contributed by atoms with E-state index in [1.54, 1.807) is 0 Å². The Hall–Kier alpha value is -0.570. The van der Waals surface area contributed by atoms with Crippen LogP contribution in [0.4, 0.5) is 0 Å². The van der Waals surface area contributed by atoms with Crippen molar-refractivity contribution in [1.82, 2.24) is 4.90 Å². The Labute approximate surface area is 92.0 Å². The first-order valence-electron chi connectivity index (χ1n) is 4.55. The molecule has 1 aromatic carbocycles. The van der Waals surface area contributed by atoms with Gasteiger partial charge in [0, 0.05) is 6.54 Å². The molecule has 80 valence electrons. The highest BCUT2D eigenvalue weighted by atomic mass is 35.5. The van der Waals surface area contributed by atoms with Crippen LogP contribution in [0.1, 0.15) is 5.56 Å². The van der Waals surface area contributed by atoms with Gasteiger partial charge in [-0.15, -0.1) is 12.4 Å². The van der Waals surface area contributed by atoms with E-state index in [0.29, 0.717) is 0 Å². The highest BCUT2D eigenvalue weighted by molar-refractivity contribution is 5.85. The molecule has 0 spiro atoms. The van der Waals surface area contributed by atoms with Crippen molar-refractivity contribution in [3.05, 3.63) is 35.9 Å². The summed E-state index contributed by atoms with van der Waals surface area (Å²) in [6.07, 6.45) is 0.469. The van der Waals surface area contributed by atoms with Crippen molar-refractivity contribution in [1.29, 1.82) is 0 Å². The Balaban J connectivity index is 0.00000169. The molecule has 0 saturated carbocycles. The van der Waals surface area contributed by atoms with Crippen LogP contribution in [0.5, 0.6) is 0 Å². The van der Waals surface area contributed by atoms with Crippen molar-refractivity contribution < 1.29 is 5.11 Å². The molecule has 0 fully saturated rings. The number of likely N-dealkylation sites (N-methyl/N-ethyl adjacent to an activating group) is 1. The quantitative estimate of drug-likeness (QED) is 0.825. The maximum atomic E-state index is 9.63. The maximum Gasteiger partial charge on any atom is 0.0707 e. The molecule has 1 rings (SSSR count). The zero-order valence-electron chi connectivity index (χ0n) is 8.68. The lowest BCUT2D eigenvalue weighted by Crippen LogP contribution is -2.27. The molecule has 14 heavy (non-hydrogen) atoms. The van der Waals surface area contributed by atoms with Gasteiger partial charge in [0.1, 0.15) is 0 Å². The number of aliphatic hydroxyl groups is 1. The number of hydrogen-bond donors (Lipinski definition) is 1. The summed E-state index contributed by atoms with van der Waals surface area (Å²) in [7, 11) is 3.93. The minimum absolute atomic E-state index is 0. The molecule has 0 amide bonds. The SMILES string of the molecule is CN(C)CC(O)Cc1ccccc1.Cl. The van der Waals surface area contributed by atoms with E-state index in [9.17, 15) is 5.11 Å². The minimum Gasteiger partial charge on any atom is -0.391 e. The van der Waals surface area contributed by atoms with E-state index in [4.69, 9.17) is 0 Å². The smallest absolute Gasteiger partial charge is 0.0707 e. The van der Waals surface area contributed by atoms with Gasteiger partial charge in [0.2, 0.25) is 0 Å². The second-order valence-electron chi connectivity index (χ2n) is 3.61. The van der Waals surface area contributed by atoms with Gasteiger partial charge in [-0.1, -0.05) is 30.3 Å². The lowest BCUT2D eigenvalue weighted by molar-refractivity contribution is 0.137. The van der Waals surface area contributed by atoms with E-state index in [-0.39, 0.29) is 18.5 Å². The Kier molecular flexibility index (Phi) is 6.54. The molecular formula is C11H18ClNO. The molecule has 0 aromatic heterocycles. The zero-order chi connectivity index (χ0) is 9.68. The van der Waals surface area contributed by atoms with Crippen LogP contribution in [0.3, 0.4) is 0 Å². The molecule has 2 nitrogen and oxygen atoms in total. The molecule has 1 unspecified atom stereocenters. The largest absolute Gasteiger partial charge is 0.391 e. The van der Waals surface area contributed by atoms with Gasteiger partial charge in [-0.25, -0.2) is 0 Å². The average Bonchev–Trinajstić information content (AvgIpc) is 2.04. The summed E-state index contributed by atoms with van der Waals surface area (Å²) in [5.74, 6) is 0.